The molecule has 1 aliphatic rings. The van der Waals surface area contributed by atoms with E-state index in [1.54, 1.807) is 6.92 Å². The van der Waals surface area contributed by atoms with E-state index in [9.17, 15) is 4.79 Å². The minimum absolute atomic E-state index is 0.372. The monoisotopic (exact) mass is 474 g/mol. The van der Waals surface area contributed by atoms with Gasteiger partial charge in [-0.2, -0.15) is 0 Å². The van der Waals surface area contributed by atoms with Gasteiger partial charge >= 0.3 is 5.97 Å². The van der Waals surface area contributed by atoms with Gasteiger partial charge in [-0.05, 0) is 89.1 Å². The Bertz CT molecular complexity index is 1250. The van der Waals surface area contributed by atoms with Gasteiger partial charge in [-0.1, -0.05) is 48.0 Å². The van der Waals surface area contributed by atoms with Gasteiger partial charge in [0.25, 0.3) is 0 Å². The van der Waals surface area contributed by atoms with Crippen molar-refractivity contribution in [2.75, 3.05) is 0 Å². The highest BCUT2D eigenvalue weighted by atomic mass is 35.5. The topological polar surface area (TPSA) is 35.5 Å². The van der Waals surface area contributed by atoms with Gasteiger partial charge in [0.2, 0.25) is 0 Å². The maximum Gasteiger partial charge on any atom is 0.338 e. The van der Waals surface area contributed by atoms with Crippen molar-refractivity contribution in [2.45, 2.75) is 52.9 Å². The Morgan fingerprint density at radius 2 is 1.82 bits per heavy atom. The average molecular weight is 475 g/mol. The number of hydrogen-bond acceptors (Lipinski definition) is 3. The fourth-order valence-corrected chi connectivity index (χ4v) is 4.77. The van der Waals surface area contributed by atoms with E-state index in [1.807, 2.05) is 48.5 Å². The van der Waals surface area contributed by atoms with E-state index in [4.69, 9.17) is 21.1 Å². The quantitative estimate of drug-likeness (QED) is 0.149. The van der Waals surface area contributed by atoms with Crippen LogP contribution in [0.4, 0.5) is 0 Å². The van der Waals surface area contributed by atoms with Crippen LogP contribution in [0.25, 0.3) is 10.8 Å². The van der Waals surface area contributed by atoms with E-state index in [0.717, 1.165) is 65.5 Å². The van der Waals surface area contributed by atoms with Crippen molar-refractivity contribution in [3.63, 3.8) is 0 Å². The number of fused-ring (bicyclic) bond motifs is 2. The summed E-state index contributed by atoms with van der Waals surface area (Å²) in [5.74, 6) is 2.28. The molecule has 0 aliphatic heterocycles. The number of carbonyl (C=O) groups is 1. The molecule has 0 saturated heterocycles. The molecule has 0 radical (unpaired) electrons. The molecule has 0 fully saturated rings. The van der Waals surface area contributed by atoms with Crippen LogP contribution < -0.4 is 9.47 Å². The van der Waals surface area contributed by atoms with Crippen molar-refractivity contribution < 1.29 is 14.3 Å². The first-order chi connectivity index (χ1) is 16.3. The first kappa shape index (κ1) is 24.1. The second kappa shape index (κ2) is 10.5. The molecular formula is C30H31ClO3. The zero-order valence-electron chi connectivity index (χ0n) is 20.1. The number of allylic oxidation sites excluding steroid dienone is 2. The summed E-state index contributed by atoms with van der Waals surface area (Å²) in [6.45, 7) is 9.72. The van der Waals surface area contributed by atoms with Gasteiger partial charge in [-0.25, -0.2) is 4.79 Å². The molecule has 1 atom stereocenters. The summed E-state index contributed by atoms with van der Waals surface area (Å²) in [5, 5.41) is 2.29. The number of halogens is 1. The lowest BCUT2D eigenvalue weighted by atomic mass is 9.79. The molecule has 3 aromatic rings. The van der Waals surface area contributed by atoms with Gasteiger partial charge in [0.05, 0.1) is 0 Å². The van der Waals surface area contributed by atoms with Gasteiger partial charge in [0.15, 0.2) is 0 Å². The standard InChI is InChI=1S/C30H31ClO3/c1-19(2)9-8-10-21-13-15-24-26(17-21)29(34-30(32)20(3)4)25-16-14-22(31)18-27(25)28(24)33-23-11-6-5-7-12-23/h5-7,9,11-12,14,16,18,21H,3,8,10,13,15,17H2,1-2,4H3. The zero-order chi connectivity index (χ0) is 24.2. The summed E-state index contributed by atoms with van der Waals surface area (Å²) in [7, 11) is 0. The predicted octanol–water partition coefficient (Wildman–Crippen LogP) is 8.62. The molecule has 0 N–H and O–H groups in total. The van der Waals surface area contributed by atoms with Crippen LogP contribution >= 0.6 is 11.6 Å². The van der Waals surface area contributed by atoms with Crippen LogP contribution in [-0.4, -0.2) is 5.97 Å². The number of hydrogen-bond donors (Lipinski definition) is 0. The van der Waals surface area contributed by atoms with Crippen molar-refractivity contribution in [3.05, 3.63) is 88.5 Å². The first-order valence-corrected chi connectivity index (χ1v) is 12.2. The molecule has 3 aromatic carbocycles. The second-order valence-electron chi connectivity index (χ2n) is 9.36. The summed E-state index contributed by atoms with van der Waals surface area (Å²) in [4.78, 5) is 12.6. The van der Waals surface area contributed by atoms with Gasteiger partial charge < -0.3 is 9.47 Å². The molecule has 4 rings (SSSR count). The van der Waals surface area contributed by atoms with Gasteiger partial charge in [0, 0.05) is 32.5 Å². The number of benzene rings is 3. The molecule has 0 heterocycles. The van der Waals surface area contributed by atoms with Crippen molar-refractivity contribution in [3.8, 4) is 17.2 Å². The van der Waals surface area contributed by atoms with E-state index in [2.05, 4.69) is 26.5 Å². The number of carbonyl (C=O) groups excluding carboxylic acids is 1. The molecule has 0 saturated carbocycles. The Labute approximate surface area is 207 Å². The van der Waals surface area contributed by atoms with Crippen molar-refractivity contribution in [1.82, 2.24) is 0 Å². The minimum Gasteiger partial charge on any atom is -0.456 e. The zero-order valence-corrected chi connectivity index (χ0v) is 20.9. The lowest BCUT2D eigenvalue weighted by molar-refractivity contribution is -0.130. The summed E-state index contributed by atoms with van der Waals surface area (Å²) in [6, 6.07) is 15.4. The number of ether oxygens (including phenoxy) is 2. The van der Waals surface area contributed by atoms with Gasteiger partial charge in [-0.3, -0.25) is 0 Å². The predicted molar refractivity (Wildman–Crippen MR) is 140 cm³/mol. The van der Waals surface area contributed by atoms with E-state index in [0.29, 0.717) is 22.3 Å². The SMILES string of the molecule is C=C(C)C(=O)Oc1c2c(c(Oc3ccccc3)c3cc(Cl)ccc13)CCC(CCC=C(C)C)C2. The highest BCUT2D eigenvalue weighted by molar-refractivity contribution is 6.31. The highest BCUT2D eigenvalue weighted by Gasteiger charge is 2.29. The Hall–Kier alpha value is -3.04. The van der Waals surface area contributed by atoms with Crippen LogP contribution in [0, 0.1) is 5.92 Å². The molecule has 0 amide bonds. The molecule has 1 unspecified atom stereocenters. The normalized spacial score (nSPS) is 14.9. The molecule has 3 nitrogen and oxygen atoms in total. The summed E-state index contributed by atoms with van der Waals surface area (Å²) < 4.78 is 12.4. The summed E-state index contributed by atoms with van der Waals surface area (Å²) in [5.41, 5.74) is 3.87. The van der Waals surface area contributed by atoms with Gasteiger partial charge in [0.1, 0.15) is 17.2 Å². The Morgan fingerprint density at radius 3 is 2.53 bits per heavy atom. The first-order valence-electron chi connectivity index (χ1n) is 11.8. The van der Waals surface area contributed by atoms with E-state index < -0.39 is 5.97 Å². The molecule has 176 valence electrons. The van der Waals surface area contributed by atoms with Crippen LogP contribution in [0.15, 0.2) is 72.3 Å². The third-order valence-electron chi connectivity index (χ3n) is 6.31. The summed E-state index contributed by atoms with van der Waals surface area (Å²) in [6.07, 6.45) is 7.22. The molecule has 1 aliphatic carbocycles. The minimum atomic E-state index is -0.415. The fourth-order valence-electron chi connectivity index (χ4n) is 4.59. The molecule has 0 aromatic heterocycles. The second-order valence-corrected chi connectivity index (χ2v) is 9.79. The average Bonchev–Trinajstić information content (AvgIpc) is 2.81. The molecular weight excluding hydrogens is 444 g/mol. The van der Waals surface area contributed by atoms with Crippen molar-refractivity contribution in [2.24, 2.45) is 5.92 Å². The summed E-state index contributed by atoms with van der Waals surface area (Å²) >= 11 is 6.41. The number of para-hydroxylation sites is 1. The van der Waals surface area contributed by atoms with Crippen LogP contribution in [0.1, 0.15) is 51.2 Å². The molecule has 34 heavy (non-hydrogen) atoms. The van der Waals surface area contributed by atoms with Crippen LogP contribution in [0.3, 0.4) is 0 Å². The van der Waals surface area contributed by atoms with Crippen LogP contribution in [0.5, 0.6) is 17.2 Å². The van der Waals surface area contributed by atoms with E-state index in [-0.39, 0.29) is 0 Å². The Morgan fingerprint density at radius 1 is 1.06 bits per heavy atom. The molecule has 0 spiro atoms. The largest absolute Gasteiger partial charge is 0.456 e. The Kier molecular flexibility index (Phi) is 7.43. The third-order valence-corrected chi connectivity index (χ3v) is 6.55. The maximum atomic E-state index is 12.6. The third kappa shape index (κ3) is 5.37. The maximum absolute atomic E-state index is 12.6. The van der Waals surface area contributed by atoms with Crippen LogP contribution in [-0.2, 0) is 17.6 Å². The van der Waals surface area contributed by atoms with E-state index in [1.165, 1.54) is 5.57 Å². The van der Waals surface area contributed by atoms with Crippen molar-refractivity contribution in [1.29, 1.82) is 0 Å². The fraction of sp³-hybridized carbons (Fsp3) is 0.300. The number of rotatable bonds is 7. The van der Waals surface area contributed by atoms with E-state index >= 15 is 0 Å². The highest BCUT2D eigenvalue weighted by Crippen LogP contribution is 2.48. The molecule has 0 bridgehead atoms. The number of esters is 1. The lowest BCUT2D eigenvalue weighted by Gasteiger charge is -2.29. The van der Waals surface area contributed by atoms with Gasteiger partial charge in [-0.15, -0.1) is 0 Å². The Balaban J connectivity index is 1.86. The lowest BCUT2D eigenvalue weighted by Crippen LogP contribution is -2.19. The smallest absolute Gasteiger partial charge is 0.338 e. The molecule has 4 heteroatoms. The van der Waals surface area contributed by atoms with Crippen LogP contribution in [0.2, 0.25) is 5.02 Å². The van der Waals surface area contributed by atoms with Crippen molar-refractivity contribution >= 4 is 28.3 Å².